The fraction of sp³-hybridized carbons (Fsp3) is 0.909. The van der Waals surface area contributed by atoms with E-state index < -0.39 is 22.2 Å². The molecule has 2 N–H and O–H groups in total. The lowest BCUT2D eigenvalue weighted by Crippen LogP contribution is -2.50. The van der Waals surface area contributed by atoms with Gasteiger partial charge < -0.3 is 5.11 Å². The van der Waals surface area contributed by atoms with Gasteiger partial charge in [0.05, 0.1) is 0 Å². The van der Waals surface area contributed by atoms with E-state index in [0.717, 1.165) is 12.8 Å². The molecule has 1 atom stereocenters. The van der Waals surface area contributed by atoms with Crippen LogP contribution >= 0.6 is 11.8 Å². The Morgan fingerprint density at radius 1 is 1.47 bits per heavy atom. The van der Waals surface area contributed by atoms with Crippen LogP contribution in [0, 0.1) is 5.92 Å². The van der Waals surface area contributed by atoms with E-state index >= 15 is 0 Å². The third-order valence-electron chi connectivity index (χ3n) is 3.28. The van der Waals surface area contributed by atoms with E-state index in [4.69, 9.17) is 5.11 Å². The van der Waals surface area contributed by atoms with Crippen LogP contribution in [0.4, 0.5) is 0 Å². The molecular formula is C11H22N2O4S2. The Morgan fingerprint density at radius 2 is 2.05 bits per heavy atom. The Kier molecular flexibility index (Phi) is 6.58. The zero-order valence-corrected chi connectivity index (χ0v) is 13.0. The highest BCUT2D eigenvalue weighted by atomic mass is 32.2. The number of carboxylic acid groups (broad SMARTS) is 1. The number of hydrogen-bond acceptors (Lipinski definition) is 4. The van der Waals surface area contributed by atoms with Gasteiger partial charge in [-0.3, -0.25) is 4.79 Å². The van der Waals surface area contributed by atoms with Crippen molar-refractivity contribution < 1.29 is 18.3 Å². The number of nitrogens with zero attached hydrogens (tertiary/aromatic N) is 1. The number of aliphatic carboxylic acids is 1. The molecule has 0 aromatic rings. The van der Waals surface area contributed by atoms with Crippen molar-refractivity contribution in [2.75, 3.05) is 25.1 Å². The van der Waals surface area contributed by atoms with Crippen molar-refractivity contribution in [3.8, 4) is 0 Å². The predicted octanol–water partition coefficient (Wildman–Crippen LogP) is 0.759. The zero-order valence-electron chi connectivity index (χ0n) is 11.3. The van der Waals surface area contributed by atoms with Crippen LogP contribution < -0.4 is 4.72 Å². The number of carboxylic acids is 1. The molecule has 1 aliphatic rings. The lowest BCUT2D eigenvalue weighted by atomic mass is 10.0. The summed E-state index contributed by atoms with van der Waals surface area (Å²) in [6.07, 6.45) is 3.80. The summed E-state index contributed by atoms with van der Waals surface area (Å²) in [7, 11) is -3.69. The van der Waals surface area contributed by atoms with Crippen LogP contribution in [0.25, 0.3) is 0 Å². The zero-order chi connectivity index (χ0) is 14.5. The highest BCUT2D eigenvalue weighted by Crippen LogP contribution is 2.18. The van der Waals surface area contributed by atoms with Gasteiger partial charge in [-0.2, -0.15) is 29.2 Å². The SMILES string of the molecule is CSCCC(NS(=O)(=O)N1CCC(C)CC1)C(=O)O. The maximum absolute atomic E-state index is 12.1. The van der Waals surface area contributed by atoms with Gasteiger partial charge in [0.15, 0.2) is 0 Å². The molecule has 0 aromatic carbocycles. The van der Waals surface area contributed by atoms with Gasteiger partial charge in [0.25, 0.3) is 10.2 Å². The van der Waals surface area contributed by atoms with Crippen molar-refractivity contribution in [3.05, 3.63) is 0 Å². The second-order valence-corrected chi connectivity index (χ2v) is 7.56. The largest absolute Gasteiger partial charge is 0.480 e. The maximum Gasteiger partial charge on any atom is 0.321 e. The molecule has 19 heavy (non-hydrogen) atoms. The van der Waals surface area contributed by atoms with Crippen LogP contribution in [0.3, 0.4) is 0 Å². The normalized spacial score (nSPS) is 20.3. The summed E-state index contributed by atoms with van der Waals surface area (Å²) in [4.78, 5) is 11.1. The first-order valence-electron chi connectivity index (χ1n) is 6.36. The fourth-order valence-electron chi connectivity index (χ4n) is 1.95. The standard InChI is InChI=1S/C11H22N2O4S2/c1-9-3-6-13(7-4-9)19(16,17)12-10(11(14)15)5-8-18-2/h9-10,12H,3-8H2,1-2H3,(H,14,15). The summed E-state index contributed by atoms with van der Waals surface area (Å²) in [6, 6.07) is -1.04. The van der Waals surface area contributed by atoms with Crippen molar-refractivity contribution in [2.24, 2.45) is 5.92 Å². The molecule has 0 radical (unpaired) electrons. The quantitative estimate of drug-likeness (QED) is 0.725. The van der Waals surface area contributed by atoms with Gasteiger partial charge in [-0.1, -0.05) is 6.92 Å². The molecule has 1 unspecified atom stereocenters. The average Bonchev–Trinajstić information content (AvgIpc) is 2.34. The Hall–Kier alpha value is -0.310. The van der Waals surface area contributed by atoms with Crippen molar-refractivity contribution in [1.29, 1.82) is 0 Å². The van der Waals surface area contributed by atoms with Crippen molar-refractivity contribution in [1.82, 2.24) is 9.03 Å². The first-order chi connectivity index (χ1) is 8.86. The number of nitrogens with one attached hydrogen (secondary N) is 1. The summed E-state index contributed by atoms with van der Waals surface area (Å²) in [5, 5.41) is 9.05. The van der Waals surface area contributed by atoms with Gasteiger partial charge in [0, 0.05) is 13.1 Å². The Balaban J connectivity index is 2.63. The summed E-state index contributed by atoms with van der Waals surface area (Å²) >= 11 is 1.50. The second kappa shape index (κ2) is 7.47. The van der Waals surface area contributed by atoms with Crippen LogP contribution in [0.5, 0.6) is 0 Å². The number of piperidine rings is 1. The molecule has 1 heterocycles. The van der Waals surface area contributed by atoms with Gasteiger partial charge in [0.1, 0.15) is 6.04 Å². The number of carbonyl (C=O) groups is 1. The molecule has 0 spiro atoms. The van der Waals surface area contributed by atoms with Crippen LogP contribution in [0.15, 0.2) is 0 Å². The third-order valence-corrected chi connectivity index (χ3v) is 5.55. The van der Waals surface area contributed by atoms with Gasteiger partial charge >= 0.3 is 5.97 Å². The highest BCUT2D eigenvalue weighted by Gasteiger charge is 2.30. The first kappa shape index (κ1) is 16.7. The van der Waals surface area contributed by atoms with Gasteiger partial charge in [-0.25, -0.2) is 0 Å². The average molecular weight is 310 g/mol. The summed E-state index contributed by atoms with van der Waals surface area (Å²) in [5.74, 6) is 0.0116. The molecular weight excluding hydrogens is 288 g/mol. The van der Waals surface area contributed by atoms with Crippen LogP contribution in [0.2, 0.25) is 0 Å². The van der Waals surface area contributed by atoms with E-state index in [1.807, 2.05) is 6.26 Å². The third kappa shape index (κ3) is 5.29. The van der Waals surface area contributed by atoms with E-state index in [2.05, 4.69) is 11.6 Å². The van der Waals surface area contributed by atoms with E-state index in [1.54, 1.807) is 0 Å². The predicted molar refractivity (Wildman–Crippen MR) is 76.4 cm³/mol. The molecule has 1 fully saturated rings. The number of rotatable bonds is 7. The minimum absolute atomic E-state index is 0.292. The molecule has 112 valence electrons. The Bertz CT molecular complexity index is 391. The molecule has 0 amide bonds. The molecule has 0 bridgehead atoms. The van der Waals surface area contributed by atoms with E-state index in [9.17, 15) is 13.2 Å². The first-order valence-corrected chi connectivity index (χ1v) is 9.19. The molecule has 0 aliphatic carbocycles. The van der Waals surface area contributed by atoms with E-state index in [0.29, 0.717) is 31.2 Å². The Labute approximate surface area is 119 Å². The van der Waals surface area contributed by atoms with Crippen LogP contribution in [-0.2, 0) is 15.0 Å². The van der Waals surface area contributed by atoms with Gasteiger partial charge in [0.2, 0.25) is 0 Å². The summed E-state index contributed by atoms with van der Waals surface area (Å²) in [5.41, 5.74) is 0. The lowest BCUT2D eigenvalue weighted by Gasteiger charge is -2.30. The van der Waals surface area contributed by atoms with Crippen molar-refractivity contribution in [2.45, 2.75) is 32.2 Å². The topological polar surface area (TPSA) is 86.7 Å². The maximum atomic E-state index is 12.1. The second-order valence-electron chi connectivity index (χ2n) is 4.88. The lowest BCUT2D eigenvalue weighted by molar-refractivity contribution is -0.139. The van der Waals surface area contributed by atoms with Crippen LogP contribution in [0.1, 0.15) is 26.2 Å². The molecule has 0 aromatic heterocycles. The molecule has 1 rings (SSSR count). The van der Waals surface area contributed by atoms with Gasteiger partial charge in [-0.15, -0.1) is 0 Å². The minimum atomic E-state index is -3.69. The summed E-state index contributed by atoms with van der Waals surface area (Å²) < 4.78 is 27.9. The van der Waals surface area contributed by atoms with Gasteiger partial charge in [-0.05, 0) is 37.2 Å². The van der Waals surface area contributed by atoms with Crippen LogP contribution in [-0.4, -0.2) is 54.9 Å². The monoisotopic (exact) mass is 310 g/mol. The molecule has 1 aliphatic heterocycles. The van der Waals surface area contributed by atoms with Crippen molar-refractivity contribution >= 4 is 27.9 Å². The van der Waals surface area contributed by atoms with E-state index in [1.165, 1.54) is 16.1 Å². The highest BCUT2D eigenvalue weighted by molar-refractivity contribution is 7.98. The van der Waals surface area contributed by atoms with E-state index in [-0.39, 0.29) is 0 Å². The smallest absolute Gasteiger partial charge is 0.321 e. The van der Waals surface area contributed by atoms with Crippen molar-refractivity contribution in [3.63, 3.8) is 0 Å². The number of thioether (sulfide) groups is 1. The Morgan fingerprint density at radius 3 is 2.53 bits per heavy atom. The minimum Gasteiger partial charge on any atom is -0.480 e. The molecule has 6 nitrogen and oxygen atoms in total. The molecule has 1 saturated heterocycles. The molecule has 8 heteroatoms. The fourth-order valence-corrected chi connectivity index (χ4v) is 3.84. The number of hydrogen-bond donors (Lipinski definition) is 2. The molecule has 0 saturated carbocycles. The summed E-state index contributed by atoms with van der Waals surface area (Å²) in [6.45, 7) is 3.02.